The molecule has 1 N–H and O–H groups in total. The lowest BCUT2D eigenvalue weighted by Crippen LogP contribution is -2.32. The van der Waals surface area contributed by atoms with Gasteiger partial charge in [0.15, 0.2) is 0 Å². The Morgan fingerprint density at radius 2 is 1.58 bits per heavy atom. The van der Waals surface area contributed by atoms with Gasteiger partial charge in [-0.3, -0.25) is 29.6 Å². The summed E-state index contributed by atoms with van der Waals surface area (Å²) < 4.78 is 0. The van der Waals surface area contributed by atoms with E-state index in [0.717, 1.165) is 16.0 Å². The van der Waals surface area contributed by atoms with Gasteiger partial charge >= 0.3 is 0 Å². The third-order valence-electron chi connectivity index (χ3n) is 4.95. The van der Waals surface area contributed by atoms with E-state index in [1.54, 1.807) is 24.5 Å². The minimum absolute atomic E-state index is 0.0930. The van der Waals surface area contributed by atoms with Crippen LogP contribution in [0, 0.1) is 17.0 Å². The molecule has 0 fully saturated rings. The number of rotatable bonds is 6. The molecule has 2 aromatic carbocycles. The first-order chi connectivity index (χ1) is 14.9. The summed E-state index contributed by atoms with van der Waals surface area (Å²) >= 11 is 0. The number of carbonyl (C=O) groups is 2. The Morgan fingerprint density at radius 1 is 0.935 bits per heavy atom. The van der Waals surface area contributed by atoms with Gasteiger partial charge in [0.25, 0.3) is 17.5 Å². The van der Waals surface area contributed by atoms with Crippen molar-refractivity contribution in [2.75, 3.05) is 5.32 Å². The highest BCUT2D eigenvalue weighted by molar-refractivity contribution is 6.36. The van der Waals surface area contributed by atoms with Crippen LogP contribution in [0.2, 0.25) is 0 Å². The Bertz CT molecular complexity index is 1190. The first kappa shape index (κ1) is 20.0. The number of imide groups is 1. The Balaban J connectivity index is 1.74. The van der Waals surface area contributed by atoms with Gasteiger partial charge in [0.2, 0.25) is 0 Å². The van der Waals surface area contributed by atoms with E-state index in [2.05, 4.69) is 10.3 Å². The lowest BCUT2D eigenvalue weighted by molar-refractivity contribution is -0.384. The number of aromatic nitrogens is 1. The molecular weight excluding hydrogens is 396 g/mol. The molecule has 0 spiro atoms. The summed E-state index contributed by atoms with van der Waals surface area (Å²) in [5, 5.41) is 14.1. The zero-order valence-electron chi connectivity index (χ0n) is 16.6. The number of nitrogens with zero attached hydrogens (tertiary/aromatic N) is 3. The van der Waals surface area contributed by atoms with E-state index in [-0.39, 0.29) is 23.5 Å². The summed E-state index contributed by atoms with van der Waals surface area (Å²) in [6.07, 6.45) is 3.19. The molecule has 8 heteroatoms. The molecule has 1 aliphatic rings. The maximum Gasteiger partial charge on any atom is 0.278 e. The first-order valence-electron chi connectivity index (χ1n) is 9.52. The van der Waals surface area contributed by atoms with Gasteiger partial charge in [-0.15, -0.1) is 0 Å². The van der Waals surface area contributed by atoms with E-state index < -0.39 is 16.7 Å². The van der Waals surface area contributed by atoms with Crippen molar-refractivity contribution in [1.29, 1.82) is 0 Å². The fraction of sp³-hybridized carbons (Fsp3) is 0.0870. The summed E-state index contributed by atoms with van der Waals surface area (Å²) in [7, 11) is 0. The molecule has 0 atom stereocenters. The fourth-order valence-electron chi connectivity index (χ4n) is 3.31. The molecule has 1 aromatic heterocycles. The normalized spacial score (nSPS) is 13.6. The highest BCUT2D eigenvalue weighted by Gasteiger charge is 2.39. The smallest absolute Gasteiger partial charge is 0.278 e. The van der Waals surface area contributed by atoms with Crippen LogP contribution in [0.3, 0.4) is 0 Å². The number of aryl methyl sites for hydroxylation is 1. The van der Waals surface area contributed by atoms with Gasteiger partial charge in [-0.25, -0.2) is 0 Å². The molecule has 0 bridgehead atoms. The molecule has 3 aromatic rings. The van der Waals surface area contributed by atoms with Gasteiger partial charge in [0.1, 0.15) is 5.70 Å². The SMILES string of the molecule is Cc1ccc(NC2=C(c3ccc([N+](=O)[O-])cc3)C(=O)N(Cc3ccncc3)C2=O)cc1. The lowest BCUT2D eigenvalue weighted by atomic mass is 10.0. The van der Waals surface area contributed by atoms with Crippen molar-refractivity contribution in [2.45, 2.75) is 13.5 Å². The van der Waals surface area contributed by atoms with Crippen molar-refractivity contribution in [2.24, 2.45) is 0 Å². The number of amides is 2. The van der Waals surface area contributed by atoms with Gasteiger partial charge in [-0.05, 0) is 54.4 Å². The summed E-state index contributed by atoms with van der Waals surface area (Å²) in [6, 6.07) is 16.5. The van der Waals surface area contributed by atoms with Crippen LogP contribution in [0.1, 0.15) is 16.7 Å². The van der Waals surface area contributed by atoms with Crippen molar-refractivity contribution in [3.05, 3.63) is 106 Å². The van der Waals surface area contributed by atoms with Crippen molar-refractivity contribution < 1.29 is 14.5 Å². The van der Waals surface area contributed by atoms with Gasteiger partial charge in [-0.2, -0.15) is 0 Å². The highest BCUT2D eigenvalue weighted by Crippen LogP contribution is 2.32. The van der Waals surface area contributed by atoms with Gasteiger partial charge < -0.3 is 5.32 Å². The van der Waals surface area contributed by atoms with Crippen LogP contribution in [0.15, 0.2) is 78.8 Å². The molecular formula is C23H18N4O4. The van der Waals surface area contributed by atoms with Crippen molar-refractivity contribution in [1.82, 2.24) is 9.88 Å². The van der Waals surface area contributed by atoms with Gasteiger partial charge in [0.05, 0.1) is 17.0 Å². The van der Waals surface area contributed by atoms with Crippen LogP contribution in [-0.4, -0.2) is 26.6 Å². The number of carbonyl (C=O) groups excluding carboxylic acids is 2. The van der Waals surface area contributed by atoms with Crippen LogP contribution >= 0.6 is 0 Å². The Labute approximate surface area is 178 Å². The molecule has 0 radical (unpaired) electrons. The molecule has 0 aliphatic carbocycles. The fourth-order valence-corrected chi connectivity index (χ4v) is 3.31. The standard InChI is InChI=1S/C23H18N4O4/c1-15-2-6-18(7-3-15)25-21-20(17-4-8-19(9-5-17)27(30)31)22(28)26(23(21)29)14-16-10-12-24-13-11-16/h2-13,25H,14H2,1H3. The summed E-state index contributed by atoms with van der Waals surface area (Å²) in [4.78, 5) is 42.0. The summed E-state index contributed by atoms with van der Waals surface area (Å²) in [5.74, 6) is -0.930. The summed E-state index contributed by atoms with van der Waals surface area (Å²) in [5.41, 5.74) is 3.12. The molecule has 0 saturated heterocycles. The Hall–Kier alpha value is -4.33. The van der Waals surface area contributed by atoms with E-state index >= 15 is 0 Å². The second-order valence-electron chi connectivity index (χ2n) is 7.10. The third kappa shape index (κ3) is 4.04. The number of anilines is 1. The molecule has 0 unspecified atom stereocenters. The third-order valence-corrected chi connectivity index (χ3v) is 4.95. The van der Waals surface area contributed by atoms with Crippen molar-refractivity contribution in [3.8, 4) is 0 Å². The van der Waals surface area contributed by atoms with E-state index in [9.17, 15) is 19.7 Å². The molecule has 8 nitrogen and oxygen atoms in total. The zero-order valence-corrected chi connectivity index (χ0v) is 16.6. The van der Waals surface area contributed by atoms with Gasteiger partial charge in [0, 0.05) is 30.2 Å². The monoisotopic (exact) mass is 414 g/mol. The number of non-ortho nitro benzene ring substituents is 1. The predicted molar refractivity (Wildman–Crippen MR) is 115 cm³/mol. The largest absolute Gasteiger partial charge is 0.350 e. The molecule has 2 heterocycles. The number of benzene rings is 2. The zero-order chi connectivity index (χ0) is 22.0. The molecule has 154 valence electrons. The number of nitro benzene ring substituents is 1. The maximum absolute atomic E-state index is 13.3. The first-order valence-corrected chi connectivity index (χ1v) is 9.52. The van der Waals surface area contributed by atoms with Crippen LogP contribution in [0.25, 0.3) is 5.57 Å². The number of nitrogens with one attached hydrogen (secondary N) is 1. The minimum atomic E-state index is -0.513. The van der Waals surface area contributed by atoms with Crippen LogP contribution < -0.4 is 5.32 Å². The summed E-state index contributed by atoms with van der Waals surface area (Å²) in [6.45, 7) is 2.04. The van der Waals surface area contributed by atoms with Crippen molar-refractivity contribution in [3.63, 3.8) is 0 Å². The highest BCUT2D eigenvalue weighted by atomic mass is 16.6. The molecule has 2 amide bonds. The molecule has 0 saturated carbocycles. The number of hydrogen-bond donors (Lipinski definition) is 1. The molecule has 31 heavy (non-hydrogen) atoms. The van der Waals surface area contributed by atoms with E-state index in [1.807, 2.05) is 31.2 Å². The van der Waals surface area contributed by atoms with Crippen molar-refractivity contribution >= 4 is 28.8 Å². The molecule has 4 rings (SSSR count). The lowest BCUT2D eigenvalue weighted by Gasteiger charge is -2.15. The van der Waals surface area contributed by atoms with E-state index in [0.29, 0.717) is 11.3 Å². The topological polar surface area (TPSA) is 105 Å². The predicted octanol–water partition coefficient (Wildman–Crippen LogP) is 3.69. The Kier molecular flexibility index (Phi) is 5.28. The van der Waals surface area contributed by atoms with Crippen LogP contribution in [-0.2, 0) is 16.1 Å². The average Bonchev–Trinajstić information content (AvgIpc) is 3.00. The maximum atomic E-state index is 13.3. The minimum Gasteiger partial charge on any atom is -0.350 e. The van der Waals surface area contributed by atoms with E-state index in [4.69, 9.17) is 0 Å². The number of nitro groups is 1. The number of pyridine rings is 1. The molecule has 1 aliphatic heterocycles. The Morgan fingerprint density at radius 3 is 2.19 bits per heavy atom. The van der Waals surface area contributed by atoms with E-state index in [1.165, 1.54) is 24.3 Å². The van der Waals surface area contributed by atoms with Crippen LogP contribution in [0.5, 0.6) is 0 Å². The number of hydrogen-bond acceptors (Lipinski definition) is 6. The average molecular weight is 414 g/mol. The second kappa shape index (κ2) is 8.19. The second-order valence-corrected chi connectivity index (χ2v) is 7.10. The van der Waals surface area contributed by atoms with Gasteiger partial charge in [-0.1, -0.05) is 17.7 Å². The van der Waals surface area contributed by atoms with Crippen LogP contribution in [0.4, 0.5) is 11.4 Å². The quantitative estimate of drug-likeness (QED) is 0.375.